The second-order valence-corrected chi connectivity index (χ2v) is 3.57. The summed E-state index contributed by atoms with van der Waals surface area (Å²) in [7, 11) is 1.18. The van der Waals surface area contributed by atoms with Crippen LogP contribution in [0.4, 0.5) is 4.39 Å². The molecule has 0 amide bonds. The molecule has 2 rings (SSSR count). The van der Waals surface area contributed by atoms with Crippen molar-refractivity contribution >= 4 is 16.9 Å². The summed E-state index contributed by atoms with van der Waals surface area (Å²) < 4.78 is 22.8. The first-order valence-corrected chi connectivity index (χ1v) is 4.85. The number of ether oxygens (including phenoxy) is 1. The van der Waals surface area contributed by atoms with Gasteiger partial charge in [0, 0.05) is 6.07 Å². The monoisotopic (exact) mass is 236 g/mol. The first kappa shape index (κ1) is 11.3. The average Bonchev–Trinajstić information content (AvgIpc) is 2.29. The minimum atomic E-state index is -0.743. The Bertz CT molecular complexity index is 657. The summed E-state index contributed by atoms with van der Waals surface area (Å²) >= 11 is 0. The highest BCUT2D eigenvalue weighted by Gasteiger charge is 2.14. The van der Waals surface area contributed by atoms with Crippen LogP contribution in [-0.2, 0) is 4.74 Å². The van der Waals surface area contributed by atoms with E-state index in [1.807, 2.05) is 0 Å². The van der Waals surface area contributed by atoms with E-state index in [0.29, 0.717) is 5.56 Å². The van der Waals surface area contributed by atoms with Crippen LogP contribution < -0.4 is 5.43 Å². The van der Waals surface area contributed by atoms with Gasteiger partial charge in [0.2, 0.25) is 5.76 Å². The number of rotatable bonds is 1. The fraction of sp³-hybridized carbons (Fsp3) is 0.167. The van der Waals surface area contributed by atoms with Gasteiger partial charge in [-0.3, -0.25) is 4.79 Å². The molecule has 5 heteroatoms. The van der Waals surface area contributed by atoms with Crippen molar-refractivity contribution in [3.63, 3.8) is 0 Å². The largest absolute Gasteiger partial charge is 0.463 e. The molecule has 0 saturated carbocycles. The van der Waals surface area contributed by atoms with Crippen molar-refractivity contribution in [1.82, 2.24) is 0 Å². The molecule has 0 saturated heterocycles. The molecular formula is C12H9FO4. The molecule has 4 nitrogen and oxygen atoms in total. The molecule has 1 aromatic carbocycles. The minimum absolute atomic E-state index is 0.107. The van der Waals surface area contributed by atoms with Gasteiger partial charge in [-0.25, -0.2) is 9.18 Å². The van der Waals surface area contributed by atoms with Crippen LogP contribution >= 0.6 is 0 Å². The summed E-state index contributed by atoms with van der Waals surface area (Å²) in [5.41, 5.74) is 0.163. The Balaban J connectivity index is 2.82. The van der Waals surface area contributed by atoms with Crippen molar-refractivity contribution < 1.29 is 18.3 Å². The molecule has 0 aliphatic carbocycles. The normalized spacial score (nSPS) is 10.5. The number of methoxy groups -OCH3 is 1. The third kappa shape index (κ3) is 1.91. The fourth-order valence-electron chi connectivity index (χ4n) is 1.59. The Hall–Kier alpha value is -2.17. The molecule has 1 aromatic heterocycles. The first-order chi connectivity index (χ1) is 8.02. The summed E-state index contributed by atoms with van der Waals surface area (Å²) in [5, 5.41) is 0.107. The Kier molecular flexibility index (Phi) is 2.67. The molecule has 1 heterocycles. The number of esters is 1. The second-order valence-electron chi connectivity index (χ2n) is 3.57. The van der Waals surface area contributed by atoms with Gasteiger partial charge in [0.25, 0.3) is 0 Å². The summed E-state index contributed by atoms with van der Waals surface area (Å²) in [6, 6.07) is 3.30. The van der Waals surface area contributed by atoms with Crippen LogP contribution in [0.5, 0.6) is 0 Å². The highest BCUT2D eigenvalue weighted by molar-refractivity contribution is 5.89. The van der Waals surface area contributed by atoms with Gasteiger partial charge in [0.1, 0.15) is 11.4 Å². The molecule has 0 bridgehead atoms. The summed E-state index contributed by atoms with van der Waals surface area (Å²) in [4.78, 5) is 22.9. The molecule has 17 heavy (non-hydrogen) atoms. The third-order valence-corrected chi connectivity index (χ3v) is 2.37. The Morgan fingerprint density at radius 1 is 1.35 bits per heavy atom. The van der Waals surface area contributed by atoms with Gasteiger partial charge in [-0.1, -0.05) is 0 Å². The quantitative estimate of drug-likeness (QED) is 0.711. The maximum absolute atomic E-state index is 13.1. The van der Waals surface area contributed by atoms with Crippen molar-refractivity contribution in [2.24, 2.45) is 0 Å². The Labute approximate surface area is 95.6 Å². The van der Waals surface area contributed by atoms with Gasteiger partial charge in [0.05, 0.1) is 12.5 Å². The SMILES string of the molecule is COC(=O)c1cc(=O)c2cc(F)cc(C)c2o1. The fourth-order valence-corrected chi connectivity index (χ4v) is 1.59. The standard InChI is InChI=1S/C12H9FO4/c1-6-3-7(13)4-8-9(14)5-10(12(15)16-2)17-11(6)8/h3-5H,1-2H3. The molecule has 0 atom stereocenters. The number of halogens is 1. The molecule has 2 aromatic rings. The summed E-state index contributed by atoms with van der Waals surface area (Å²) in [6.45, 7) is 1.59. The van der Waals surface area contributed by atoms with Crippen LogP contribution in [0.1, 0.15) is 16.1 Å². The maximum atomic E-state index is 13.1. The van der Waals surface area contributed by atoms with E-state index in [2.05, 4.69) is 4.74 Å². The highest BCUT2D eigenvalue weighted by Crippen LogP contribution is 2.18. The summed E-state index contributed by atoms with van der Waals surface area (Å²) in [6.07, 6.45) is 0. The number of benzene rings is 1. The van der Waals surface area contributed by atoms with Crippen LogP contribution in [0.2, 0.25) is 0 Å². The molecule has 0 radical (unpaired) electrons. The van der Waals surface area contributed by atoms with Crippen molar-refractivity contribution in [2.45, 2.75) is 6.92 Å². The zero-order valence-corrected chi connectivity index (χ0v) is 9.24. The highest BCUT2D eigenvalue weighted by atomic mass is 19.1. The van der Waals surface area contributed by atoms with E-state index >= 15 is 0 Å². The lowest BCUT2D eigenvalue weighted by Gasteiger charge is -2.03. The van der Waals surface area contributed by atoms with Crippen LogP contribution in [0.3, 0.4) is 0 Å². The number of fused-ring (bicyclic) bond motifs is 1. The van der Waals surface area contributed by atoms with Crippen molar-refractivity contribution in [1.29, 1.82) is 0 Å². The molecular weight excluding hydrogens is 227 g/mol. The topological polar surface area (TPSA) is 56.5 Å². The van der Waals surface area contributed by atoms with E-state index in [-0.39, 0.29) is 16.7 Å². The van der Waals surface area contributed by atoms with Gasteiger partial charge >= 0.3 is 5.97 Å². The van der Waals surface area contributed by atoms with Gasteiger partial charge in [-0.05, 0) is 24.6 Å². The van der Waals surface area contributed by atoms with Crippen LogP contribution in [0.15, 0.2) is 27.4 Å². The van der Waals surface area contributed by atoms with E-state index < -0.39 is 17.2 Å². The second kappa shape index (κ2) is 4.01. The van der Waals surface area contributed by atoms with Crippen LogP contribution in [-0.4, -0.2) is 13.1 Å². The smallest absolute Gasteiger partial charge is 0.374 e. The number of hydrogen-bond donors (Lipinski definition) is 0. The molecule has 0 unspecified atom stereocenters. The Morgan fingerprint density at radius 3 is 2.71 bits per heavy atom. The molecule has 0 fully saturated rings. The van der Waals surface area contributed by atoms with E-state index in [0.717, 1.165) is 12.1 Å². The lowest BCUT2D eigenvalue weighted by atomic mass is 10.1. The lowest BCUT2D eigenvalue weighted by Crippen LogP contribution is -2.09. The van der Waals surface area contributed by atoms with Crippen molar-refractivity contribution in [3.8, 4) is 0 Å². The molecule has 88 valence electrons. The van der Waals surface area contributed by atoms with Crippen molar-refractivity contribution in [2.75, 3.05) is 7.11 Å². The van der Waals surface area contributed by atoms with Gasteiger partial charge < -0.3 is 9.15 Å². The molecule has 0 spiro atoms. The third-order valence-electron chi connectivity index (χ3n) is 2.37. The average molecular weight is 236 g/mol. The van der Waals surface area contributed by atoms with E-state index in [1.165, 1.54) is 13.2 Å². The predicted molar refractivity (Wildman–Crippen MR) is 58.5 cm³/mol. The first-order valence-electron chi connectivity index (χ1n) is 4.85. The van der Waals surface area contributed by atoms with Gasteiger partial charge in [0.15, 0.2) is 5.43 Å². The van der Waals surface area contributed by atoms with E-state index in [9.17, 15) is 14.0 Å². The van der Waals surface area contributed by atoms with Gasteiger partial charge in [-0.2, -0.15) is 0 Å². The van der Waals surface area contributed by atoms with Gasteiger partial charge in [-0.15, -0.1) is 0 Å². The molecule has 0 N–H and O–H groups in total. The summed E-state index contributed by atoms with van der Waals surface area (Å²) in [5.74, 6) is -1.46. The zero-order chi connectivity index (χ0) is 12.6. The van der Waals surface area contributed by atoms with E-state index in [4.69, 9.17) is 4.42 Å². The maximum Gasteiger partial charge on any atom is 0.374 e. The number of carbonyl (C=O) groups excluding carboxylic acids is 1. The van der Waals surface area contributed by atoms with Crippen LogP contribution in [0.25, 0.3) is 11.0 Å². The number of hydrogen-bond acceptors (Lipinski definition) is 4. The molecule has 0 aliphatic heterocycles. The lowest BCUT2D eigenvalue weighted by molar-refractivity contribution is 0.0565. The Morgan fingerprint density at radius 2 is 2.06 bits per heavy atom. The van der Waals surface area contributed by atoms with Crippen molar-refractivity contribution in [3.05, 3.63) is 45.6 Å². The van der Waals surface area contributed by atoms with E-state index in [1.54, 1.807) is 6.92 Å². The minimum Gasteiger partial charge on any atom is -0.463 e. The molecule has 0 aliphatic rings. The predicted octanol–water partition coefficient (Wildman–Crippen LogP) is 2.03. The van der Waals surface area contributed by atoms with Crippen LogP contribution in [0, 0.1) is 12.7 Å². The zero-order valence-electron chi connectivity index (χ0n) is 9.24. The number of carbonyl (C=O) groups is 1. The number of aryl methyl sites for hydroxylation is 1.